The number of halogens is 1. The monoisotopic (exact) mass is 436 g/mol. The van der Waals surface area contributed by atoms with E-state index in [1.165, 1.54) is 70.9 Å². The Bertz CT molecular complexity index is 600. The van der Waals surface area contributed by atoms with Crippen molar-refractivity contribution in [1.29, 1.82) is 0 Å². The van der Waals surface area contributed by atoms with Crippen LogP contribution < -0.4 is 4.74 Å². The average molecular weight is 437 g/mol. The fourth-order valence-corrected chi connectivity index (χ4v) is 4.51. The van der Waals surface area contributed by atoms with Crippen LogP contribution in [0.5, 0.6) is 5.75 Å². The van der Waals surface area contributed by atoms with Crippen molar-refractivity contribution in [2.75, 3.05) is 27.2 Å². The molecule has 1 fully saturated rings. The van der Waals surface area contributed by atoms with Gasteiger partial charge in [0.1, 0.15) is 5.75 Å². The van der Waals surface area contributed by atoms with Crippen LogP contribution in [0.15, 0.2) is 24.3 Å². The second-order valence-electron chi connectivity index (χ2n) is 8.97. The summed E-state index contributed by atoms with van der Waals surface area (Å²) in [5.74, 6) is 1.37. The highest BCUT2D eigenvalue weighted by molar-refractivity contribution is 6.30. The van der Waals surface area contributed by atoms with Crippen LogP contribution in [0.4, 0.5) is 4.79 Å². The molecule has 0 unspecified atom stereocenters. The summed E-state index contributed by atoms with van der Waals surface area (Å²) >= 11 is 5.88. The first-order valence-corrected chi connectivity index (χ1v) is 12.3. The fraction of sp³-hybridized carbons (Fsp3) is 0.720. The molecule has 0 N–H and O–H groups in total. The third-order valence-electron chi connectivity index (χ3n) is 6.47. The number of carbonyl (C=O) groups is 1. The molecule has 1 amide bonds. The second kappa shape index (κ2) is 13.9. The predicted octanol–water partition coefficient (Wildman–Crippen LogP) is 7.01. The molecule has 170 valence electrons. The van der Waals surface area contributed by atoms with Crippen molar-refractivity contribution >= 4 is 17.7 Å². The third-order valence-corrected chi connectivity index (χ3v) is 6.72. The van der Waals surface area contributed by atoms with E-state index < -0.39 is 0 Å². The van der Waals surface area contributed by atoms with E-state index in [1.54, 1.807) is 29.2 Å². The molecule has 1 aliphatic carbocycles. The zero-order valence-corrected chi connectivity index (χ0v) is 20.0. The summed E-state index contributed by atoms with van der Waals surface area (Å²) in [4.78, 5) is 16.7. The van der Waals surface area contributed by atoms with Crippen LogP contribution >= 0.6 is 11.6 Å². The summed E-state index contributed by atoms with van der Waals surface area (Å²) in [6.45, 7) is 4.74. The summed E-state index contributed by atoms with van der Waals surface area (Å²) in [5.41, 5.74) is 0. The van der Waals surface area contributed by atoms with Gasteiger partial charge >= 0.3 is 6.09 Å². The van der Waals surface area contributed by atoms with Crippen LogP contribution in [0.3, 0.4) is 0 Å². The highest BCUT2D eigenvalue weighted by Crippen LogP contribution is 2.31. The largest absolute Gasteiger partial charge is 0.415 e. The molecular formula is C25H41ClN2O2. The third kappa shape index (κ3) is 9.26. The van der Waals surface area contributed by atoms with E-state index in [9.17, 15) is 4.79 Å². The Morgan fingerprint density at radius 3 is 2.23 bits per heavy atom. The summed E-state index contributed by atoms with van der Waals surface area (Å²) in [6, 6.07) is 7.22. The number of amides is 1. The zero-order valence-electron chi connectivity index (χ0n) is 19.2. The van der Waals surface area contributed by atoms with E-state index in [0.717, 1.165) is 18.8 Å². The van der Waals surface area contributed by atoms with Crippen molar-refractivity contribution in [2.24, 2.45) is 5.92 Å². The van der Waals surface area contributed by atoms with Gasteiger partial charge < -0.3 is 14.5 Å². The van der Waals surface area contributed by atoms with Crippen molar-refractivity contribution in [3.05, 3.63) is 29.3 Å². The molecule has 1 aromatic carbocycles. The van der Waals surface area contributed by atoms with Crippen LogP contribution in [0.1, 0.15) is 77.6 Å². The maximum Gasteiger partial charge on any atom is 0.415 e. The number of benzene rings is 1. The Kier molecular flexibility index (Phi) is 11.6. The van der Waals surface area contributed by atoms with Gasteiger partial charge in [-0.05, 0) is 88.8 Å². The molecule has 5 heteroatoms. The molecule has 1 saturated carbocycles. The maximum atomic E-state index is 12.4. The molecule has 0 bridgehead atoms. The van der Waals surface area contributed by atoms with E-state index in [4.69, 9.17) is 16.3 Å². The van der Waals surface area contributed by atoms with Gasteiger partial charge in [-0.25, -0.2) is 4.79 Å². The van der Waals surface area contributed by atoms with Gasteiger partial charge in [-0.3, -0.25) is 0 Å². The van der Waals surface area contributed by atoms with Gasteiger partial charge in [-0.2, -0.15) is 0 Å². The standard InChI is InChI=1S/C25H41ClN2O2/c1-4-5-8-19-27(2)20-9-6-7-10-21-11-15-23(16-12-21)28(3)25(29)30-24-17-13-22(26)14-18-24/h13-14,17-18,21,23H,4-12,15-16,19-20H2,1-3H3/t21-,23-. The number of nitrogens with zero attached hydrogens (tertiary/aromatic N) is 2. The molecule has 0 spiro atoms. The first-order valence-electron chi connectivity index (χ1n) is 11.9. The van der Waals surface area contributed by atoms with Crippen molar-refractivity contribution in [2.45, 2.75) is 83.6 Å². The second-order valence-corrected chi connectivity index (χ2v) is 9.40. The molecule has 0 heterocycles. The minimum absolute atomic E-state index is 0.274. The van der Waals surface area contributed by atoms with Gasteiger partial charge in [0.15, 0.2) is 0 Å². The SMILES string of the molecule is CCCCCN(C)CCCCC[C@H]1CC[C@H](N(C)C(=O)Oc2ccc(Cl)cc2)CC1. The van der Waals surface area contributed by atoms with Crippen LogP contribution in [0.25, 0.3) is 0 Å². The summed E-state index contributed by atoms with van der Waals surface area (Å²) in [6.07, 6.45) is 13.6. The Hall–Kier alpha value is -1.26. The Morgan fingerprint density at radius 2 is 1.60 bits per heavy atom. The van der Waals surface area contributed by atoms with E-state index in [-0.39, 0.29) is 12.1 Å². The van der Waals surface area contributed by atoms with Crippen molar-refractivity contribution in [3.8, 4) is 5.75 Å². The zero-order chi connectivity index (χ0) is 21.8. The number of hydrogen-bond donors (Lipinski definition) is 0. The lowest BCUT2D eigenvalue weighted by molar-refractivity contribution is 0.123. The summed E-state index contributed by atoms with van der Waals surface area (Å²) in [7, 11) is 4.12. The molecular weight excluding hydrogens is 396 g/mol. The van der Waals surface area contributed by atoms with Crippen molar-refractivity contribution in [1.82, 2.24) is 9.80 Å². The minimum atomic E-state index is -0.274. The van der Waals surface area contributed by atoms with Gasteiger partial charge in [0.2, 0.25) is 0 Å². The molecule has 2 rings (SSSR count). The summed E-state index contributed by atoms with van der Waals surface area (Å²) in [5, 5.41) is 0.639. The molecule has 0 aromatic heterocycles. The first-order chi connectivity index (χ1) is 14.5. The topological polar surface area (TPSA) is 32.8 Å². The van der Waals surface area contributed by atoms with Gasteiger partial charge in [0.25, 0.3) is 0 Å². The predicted molar refractivity (Wildman–Crippen MR) is 126 cm³/mol. The molecule has 0 saturated heterocycles. The minimum Gasteiger partial charge on any atom is -0.410 e. The lowest BCUT2D eigenvalue weighted by Crippen LogP contribution is -2.41. The van der Waals surface area contributed by atoms with Crippen LogP contribution in [0.2, 0.25) is 5.02 Å². The number of unbranched alkanes of at least 4 members (excludes halogenated alkanes) is 4. The number of ether oxygens (including phenoxy) is 1. The molecule has 1 aromatic rings. The number of hydrogen-bond acceptors (Lipinski definition) is 3. The van der Waals surface area contributed by atoms with E-state index in [0.29, 0.717) is 10.8 Å². The quantitative estimate of drug-likeness (QED) is 0.330. The van der Waals surface area contributed by atoms with Gasteiger partial charge in [0.05, 0.1) is 0 Å². The van der Waals surface area contributed by atoms with E-state index >= 15 is 0 Å². The maximum absolute atomic E-state index is 12.4. The first kappa shape index (κ1) is 25.0. The average Bonchev–Trinajstić information content (AvgIpc) is 2.75. The Labute approximate surface area is 188 Å². The molecule has 1 aliphatic rings. The smallest absolute Gasteiger partial charge is 0.410 e. The summed E-state index contributed by atoms with van der Waals surface area (Å²) < 4.78 is 5.48. The van der Waals surface area contributed by atoms with Crippen LogP contribution in [-0.2, 0) is 0 Å². The number of rotatable bonds is 12. The fourth-order valence-electron chi connectivity index (χ4n) is 4.38. The van der Waals surface area contributed by atoms with E-state index in [2.05, 4.69) is 18.9 Å². The van der Waals surface area contributed by atoms with Gasteiger partial charge in [-0.15, -0.1) is 0 Å². The molecule has 30 heavy (non-hydrogen) atoms. The molecule has 0 atom stereocenters. The van der Waals surface area contributed by atoms with Crippen LogP contribution in [0, 0.1) is 5.92 Å². The van der Waals surface area contributed by atoms with Crippen LogP contribution in [-0.4, -0.2) is 49.1 Å². The Morgan fingerprint density at radius 1 is 0.967 bits per heavy atom. The van der Waals surface area contributed by atoms with Gasteiger partial charge in [-0.1, -0.05) is 50.6 Å². The van der Waals surface area contributed by atoms with Gasteiger partial charge in [0, 0.05) is 18.1 Å². The van der Waals surface area contributed by atoms with Crippen molar-refractivity contribution < 1.29 is 9.53 Å². The highest BCUT2D eigenvalue weighted by atomic mass is 35.5. The van der Waals surface area contributed by atoms with Crippen molar-refractivity contribution in [3.63, 3.8) is 0 Å². The lowest BCUT2D eigenvalue weighted by atomic mass is 9.82. The molecule has 0 aliphatic heterocycles. The van der Waals surface area contributed by atoms with E-state index in [1.807, 2.05) is 7.05 Å². The molecule has 4 nitrogen and oxygen atoms in total. The Balaban J connectivity index is 1.57. The lowest BCUT2D eigenvalue weighted by Gasteiger charge is -2.34. The highest BCUT2D eigenvalue weighted by Gasteiger charge is 2.27. The number of carbonyl (C=O) groups excluding carboxylic acids is 1. The normalized spacial score (nSPS) is 19.1. The molecule has 0 radical (unpaired) electrons.